The zero-order chi connectivity index (χ0) is 19.3. The van der Waals surface area contributed by atoms with Crippen LogP contribution in [0, 0.1) is 0 Å². The Bertz CT molecular complexity index is 816. The molecule has 0 bridgehead atoms. The van der Waals surface area contributed by atoms with Crippen LogP contribution in [-0.2, 0) is 24.2 Å². The molecule has 2 aromatic rings. The van der Waals surface area contributed by atoms with E-state index in [0.29, 0.717) is 18.9 Å². The molecule has 6 nitrogen and oxygen atoms in total. The van der Waals surface area contributed by atoms with Crippen molar-refractivity contribution in [1.82, 2.24) is 20.2 Å². The Kier molecular flexibility index (Phi) is 5.86. The lowest BCUT2D eigenvalue weighted by molar-refractivity contribution is -0.132. The van der Waals surface area contributed by atoms with Crippen LogP contribution in [0.5, 0.6) is 5.75 Å². The number of aromatic nitrogens is 2. The first-order valence-corrected chi connectivity index (χ1v) is 10.2. The Hall–Kier alpha value is -2.47. The third-order valence-corrected chi connectivity index (χ3v) is 5.80. The second-order valence-corrected chi connectivity index (χ2v) is 7.64. The van der Waals surface area contributed by atoms with E-state index >= 15 is 0 Å². The lowest BCUT2D eigenvalue weighted by atomic mass is 9.96. The molecule has 28 heavy (non-hydrogen) atoms. The number of amides is 1. The van der Waals surface area contributed by atoms with Crippen molar-refractivity contribution in [3.63, 3.8) is 0 Å². The lowest BCUT2D eigenvalue weighted by Crippen LogP contribution is -2.37. The van der Waals surface area contributed by atoms with Crippen LogP contribution in [0.1, 0.15) is 47.8 Å². The standard InChI is InChI=1S/C22H28N4O2/c1-28-19-5-2-16(3-6-19)4-7-21(27)26-13-10-20-18(15-26)14-24-22(25-20)17-8-11-23-12-9-17/h2-3,5-6,14,17,23H,4,7-13,15H2,1H3. The van der Waals surface area contributed by atoms with E-state index in [-0.39, 0.29) is 5.91 Å². The van der Waals surface area contributed by atoms with Crippen LogP contribution in [0.15, 0.2) is 30.5 Å². The van der Waals surface area contributed by atoms with Crippen molar-refractivity contribution in [3.8, 4) is 5.75 Å². The fourth-order valence-corrected chi connectivity index (χ4v) is 4.02. The molecule has 6 heteroatoms. The van der Waals surface area contributed by atoms with E-state index in [0.717, 1.165) is 73.7 Å². The zero-order valence-electron chi connectivity index (χ0n) is 16.5. The Morgan fingerprint density at radius 3 is 2.79 bits per heavy atom. The van der Waals surface area contributed by atoms with E-state index in [2.05, 4.69) is 10.3 Å². The van der Waals surface area contributed by atoms with Crippen molar-refractivity contribution in [1.29, 1.82) is 0 Å². The number of fused-ring (bicyclic) bond motifs is 1. The minimum atomic E-state index is 0.198. The molecule has 0 unspecified atom stereocenters. The first-order chi connectivity index (χ1) is 13.7. The number of ether oxygens (including phenoxy) is 1. The SMILES string of the molecule is COc1ccc(CCC(=O)N2CCc3nc(C4CCNCC4)ncc3C2)cc1. The van der Waals surface area contributed by atoms with Crippen molar-refractivity contribution < 1.29 is 9.53 Å². The highest BCUT2D eigenvalue weighted by atomic mass is 16.5. The number of carbonyl (C=O) groups is 1. The summed E-state index contributed by atoms with van der Waals surface area (Å²) in [5.74, 6) is 2.49. The highest BCUT2D eigenvalue weighted by Crippen LogP contribution is 2.25. The summed E-state index contributed by atoms with van der Waals surface area (Å²) in [5, 5.41) is 3.39. The zero-order valence-corrected chi connectivity index (χ0v) is 16.5. The van der Waals surface area contributed by atoms with Crippen molar-refractivity contribution in [2.45, 2.75) is 44.6 Å². The van der Waals surface area contributed by atoms with Crippen molar-refractivity contribution in [2.24, 2.45) is 0 Å². The van der Waals surface area contributed by atoms with E-state index in [1.165, 1.54) is 0 Å². The minimum Gasteiger partial charge on any atom is -0.497 e. The molecule has 1 saturated heterocycles. The van der Waals surface area contributed by atoms with E-state index in [1.807, 2.05) is 35.4 Å². The fraction of sp³-hybridized carbons (Fsp3) is 0.500. The molecule has 1 aromatic heterocycles. The molecule has 2 aliphatic heterocycles. The lowest BCUT2D eigenvalue weighted by Gasteiger charge is -2.29. The Morgan fingerprint density at radius 1 is 1.25 bits per heavy atom. The summed E-state index contributed by atoms with van der Waals surface area (Å²) >= 11 is 0. The number of methoxy groups -OCH3 is 1. The maximum Gasteiger partial charge on any atom is 0.223 e. The second kappa shape index (κ2) is 8.69. The van der Waals surface area contributed by atoms with Gasteiger partial charge in [0.05, 0.1) is 12.8 Å². The van der Waals surface area contributed by atoms with Gasteiger partial charge in [-0.2, -0.15) is 0 Å². The van der Waals surface area contributed by atoms with Crippen LogP contribution >= 0.6 is 0 Å². The summed E-state index contributed by atoms with van der Waals surface area (Å²) < 4.78 is 5.18. The highest BCUT2D eigenvalue weighted by molar-refractivity contribution is 5.76. The third kappa shape index (κ3) is 4.33. The molecule has 2 aliphatic rings. The van der Waals surface area contributed by atoms with Gasteiger partial charge < -0.3 is 15.0 Å². The van der Waals surface area contributed by atoms with Crippen molar-refractivity contribution >= 4 is 5.91 Å². The summed E-state index contributed by atoms with van der Waals surface area (Å²) in [7, 11) is 1.66. The number of nitrogens with zero attached hydrogens (tertiary/aromatic N) is 3. The molecule has 148 valence electrons. The Morgan fingerprint density at radius 2 is 2.04 bits per heavy atom. The van der Waals surface area contributed by atoms with Crippen molar-refractivity contribution in [2.75, 3.05) is 26.7 Å². The number of benzene rings is 1. The van der Waals surface area contributed by atoms with Crippen LogP contribution in [0.4, 0.5) is 0 Å². The first kappa shape index (κ1) is 18.9. The number of aryl methyl sites for hydroxylation is 1. The molecule has 0 saturated carbocycles. The van der Waals surface area contributed by atoms with E-state index < -0.39 is 0 Å². The monoisotopic (exact) mass is 380 g/mol. The summed E-state index contributed by atoms with van der Waals surface area (Å²) in [4.78, 5) is 24.1. The van der Waals surface area contributed by atoms with Crippen LogP contribution in [0.3, 0.4) is 0 Å². The average molecular weight is 380 g/mol. The predicted octanol–water partition coefficient (Wildman–Crippen LogP) is 2.47. The summed E-state index contributed by atoms with van der Waals surface area (Å²) in [6.07, 6.45) is 6.25. The van der Waals surface area contributed by atoms with Gasteiger partial charge in [-0.3, -0.25) is 4.79 Å². The second-order valence-electron chi connectivity index (χ2n) is 7.64. The fourth-order valence-electron chi connectivity index (χ4n) is 4.02. The van der Waals surface area contributed by atoms with Gasteiger partial charge in [-0.25, -0.2) is 9.97 Å². The van der Waals surface area contributed by atoms with Gasteiger partial charge in [0.2, 0.25) is 5.91 Å². The molecule has 3 heterocycles. The number of hydrogen-bond donors (Lipinski definition) is 1. The van der Waals surface area contributed by atoms with E-state index in [4.69, 9.17) is 9.72 Å². The Balaban J connectivity index is 1.34. The van der Waals surface area contributed by atoms with Gasteiger partial charge >= 0.3 is 0 Å². The topological polar surface area (TPSA) is 67.3 Å². The largest absolute Gasteiger partial charge is 0.497 e. The molecular formula is C22H28N4O2. The van der Waals surface area contributed by atoms with Crippen LogP contribution in [0.25, 0.3) is 0 Å². The number of nitrogens with one attached hydrogen (secondary N) is 1. The van der Waals surface area contributed by atoms with Gasteiger partial charge in [-0.15, -0.1) is 0 Å². The third-order valence-electron chi connectivity index (χ3n) is 5.80. The number of rotatable bonds is 5. The number of carbonyl (C=O) groups excluding carboxylic acids is 1. The highest BCUT2D eigenvalue weighted by Gasteiger charge is 2.24. The normalized spacial score (nSPS) is 17.2. The van der Waals surface area contributed by atoms with Crippen LogP contribution < -0.4 is 10.1 Å². The molecule has 1 amide bonds. The summed E-state index contributed by atoms with van der Waals surface area (Å²) in [5.41, 5.74) is 3.38. The van der Waals surface area contributed by atoms with Gasteiger partial charge in [-0.05, 0) is 50.0 Å². The molecule has 0 aliphatic carbocycles. The molecule has 0 spiro atoms. The predicted molar refractivity (Wildman–Crippen MR) is 107 cm³/mol. The molecule has 1 N–H and O–H groups in total. The van der Waals surface area contributed by atoms with Crippen molar-refractivity contribution in [3.05, 3.63) is 53.1 Å². The van der Waals surface area contributed by atoms with Crippen LogP contribution in [0.2, 0.25) is 0 Å². The molecule has 0 radical (unpaired) electrons. The Labute approximate surface area is 166 Å². The minimum absolute atomic E-state index is 0.198. The molecule has 0 atom stereocenters. The van der Waals surface area contributed by atoms with E-state index in [1.54, 1.807) is 7.11 Å². The van der Waals surface area contributed by atoms with Gasteiger partial charge in [0, 0.05) is 43.6 Å². The van der Waals surface area contributed by atoms with Gasteiger partial charge in [-0.1, -0.05) is 12.1 Å². The van der Waals surface area contributed by atoms with Gasteiger partial charge in [0.15, 0.2) is 0 Å². The summed E-state index contributed by atoms with van der Waals surface area (Å²) in [6.45, 7) is 3.46. The molecule has 4 rings (SSSR count). The van der Waals surface area contributed by atoms with Gasteiger partial charge in [0.25, 0.3) is 0 Å². The summed E-state index contributed by atoms with van der Waals surface area (Å²) in [6, 6.07) is 7.92. The maximum atomic E-state index is 12.7. The van der Waals surface area contributed by atoms with Gasteiger partial charge in [0.1, 0.15) is 11.6 Å². The van der Waals surface area contributed by atoms with E-state index in [9.17, 15) is 4.79 Å². The molecule has 1 aromatic carbocycles. The average Bonchev–Trinajstić information content (AvgIpc) is 2.77. The maximum absolute atomic E-state index is 12.7. The molecular weight excluding hydrogens is 352 g/mol. The smallest absolute Gasteiger partial charge is 0.223 e. The van der Waals surface area contributed by atoms with Crippen LogP contribution in [-0.4, -0.2) is 47.5 Å². The first-order valence-electron chi connectivity index (χ1n) is 10.2. The molecule has 1 fully saturated rings. The quantitative estimate of drug-likeness (QED) is 0.863. The number of hydrogen-bond acceptors (Lipinski definition) is 5. The number of piperidine rings is 1.